The van der Waals surface area contributed by atoms with E-state index in [4.69, 9.17) is 25.1 Å². The third-order valence-corrected chi connectivity index (χ3v) is 7.62. The van der Waals surface area contributed by atoms with Crippen LogP contribution in [0, 0.1) is 16.2 Å². The van der Waals surface area contributed by atoms with E-state index in [-0.39, 0.29) is 26.5 Å². The number of ether oxygens (including phenoxy) is 2. The lowest BCUT2D eigenvalue weighted by molar-refractivity contribution is -0.184. The molecule has 6 atom stereocenters. The summed E-state index contributed by atoms with van der Waals surface area (Å²) in [5.74, 6) is -4.46. The number of carbonyl (C=O) groups excluding carboxylic acids is 1. The molecule has 0 bridgehead atoms. The number of hydrogen-bond donors (Lipinski definition) is 8. The second-order valence-electron chi connectivity index (χ2n) is 9.91. The van der Waals surface area contributed by atoms with Crippen molar-refractivity contribution in [3.8, 4) is 0 Å². The number of carbonyl (C=O) groups is 3. The number of aliphatic hydroxyl groups excluding tert-OH is 2. The highest BCUT2D eigenvalue weighted by Crippen LogP contribution is 2.52. The molecule has 0 radical (unpaired) electrons. The monoisotopic (exact) mass is 532 g/mol. The number of quaternary nitrogens is 1. The lowest BCUT2D eigenvalue weighted by atomic mass is 9.68. The molecule has 0 aromatic rings. The van der Waals surface area contributed by atoms with Crippen LogP contribution in [0.25, 0.3) is 0 Å². The summed E-state index contributed by atoms with van der Waals surface area (Å²) in [7, 11) is 0. The Bertz CT molecular complexity index is 771. The van der Waals surface area contributed by atoms with Crippen molar-refractivity contribution >= 4 is 23.4 Å². The SMILES string of the molecule is C.C.CC1(C)C(O)O[C@](C)(C(=N)C(=O)O)[C@@]1(C)O.CC1(C)C(O)O[C@](C)(C(=O)C(=O)O)[C@@]1(C)O.[NH4+].[OH3+]. The first kappa shape index (κ1) is 41.1. The van der Waals surface area contributed by atoms with Crippen molar-refractivity contribution in [1.29, 1.82) is 5.41 Å². The van der Waals surface area contributed by atoms with E-state index in [1.165, 1.54) is 41.5 Å². The number of carboxylic acid groups (broad SMARTS) is 2. The number of carboxylic acids is 2. The van der Waals surface area contributed by atoms with Gasteiger partial charge in [-0.3, -0.25) is 10.2 Å². The molecule has 2 unspecified atom stereocenters. The summed E-state index contributed by atoms with van der Waals surface area (Å²) in [5, 5.41) is 64.9. The Morgan fingerprint density at radius 2 is 0.972 bits per heavy atom. The maximum Gasteiger partial charge on any atom is 0.375 e. The quantitative estimate of drug-likeness (QED) is 0.138. The maximum atomic E-state index is 11.5. The zero-order valence-electron chi connectivity index (χ0n) is 21.0. The van der Waals surface area contributed by atoms with E-state index in [1.54, 1.807) is 13.8 Å². The second-order valence-corrected chi connectivity index (χ2v) is 9.91. The molecule has 2 aliphatic rings. The molecule has 0 aliphatic carbocycles. The molecule has 14 heteroatoms. The van der Waals surface area contributed by atoms with Crippen molar-refractivity contribution in [3.63, 3.8) is 0 Å². The van der Waals surface area contributed by atoms with Crippen LogP contribution in [-0.4, -0.2) is 89.1 Å². The first-order valence-electron chi connectivity index (χ1n) is 9.73. The molecular formula is C22H48N2O12+2. The minimum absolute atomic E-state index is 0. The maximum absolute atomic E-state index is 11.5. The number of hydrogen-bond acceptors (Lipinski definition) is 10. The molecule has 14 N–H and O–H groups in total. The molecular weight excluding hydrogens is 484 g/mol. The Morgan fingerprint density at radius 3 is 1.17 bits per heavy atom. The van der Waals surface area contributed by atoms with Gasteiger partial charge < -0.3 is 51.7 Å². The fourth-order valence-electron chi connectivity index (χ4n) is 3.67. The Hall–Kier alpha value is -2.04. The van der Waals surface area contributed by atoms with E-state index in [0.29, 0.717) is 0 Å². The van der Waals surface area contributed by atoms with E-state index >= 15 is 0 Å². The van der Waals surface area contributed by atoms with Crippen molar-refractivity contribution in [2.75, 3.05) is 0 Å². The molecule has 0 aromatic heterocycles. The predicted octanol–water partition coefficient (Wildman–Crippen LogP) is 0.226. The number of ketones is 1. The van der Waals surface area contributed by atoms with E-state index in [2.05, 4.69) is 0 Å². The average molecular weight is 533 g/mol. The van der Waals surface area contributed by atoms with Crippen molar-refractivity contribution in [1.82, 2.24) is 6.15 Å². The van der Waals surface area contributed by atoms with Gasteiger partial charge in [-0.25, -0.2) is 9.59 Å². The topological polar surface area (TPSA) is 284 Å². The van der Waals surface area contributed by atoms with E-state index in [9.17, 15) is 34.8 Å². The van der Waals surface area contributed by atoms with Crippen molar-refractivity contribution in [2.24, 2.45) is 10.8 Å². The number of Topliss-reactive ketones (excluding diaryl/α,β-unsaturated/α-hetero) is 1. The lowest BCUT2D eigenvalue weighted by Gasteiger charge is -2.40. The van der Waals surface area contributed by atoms with Crippen LogP contribution in [0.4, 0.5) is 0 Å². The zero-order valence-corrected chi connectivity index (χ0v) is 21.0. The third-order valence-electron chi connectivity index (χ3n) is 7.62. The summed E-state index contributed by atoms with van der Waals surface area (Å²) in [5.41, 5.74) is -10.1. The molecule has 2 rings (SSSR count). The van der Waals surface area contributed by atoms with Crippen LogP contribution < -0.4 is 6.15 Å². The summed E-state index contributed by atoms with van der Waals surface area (Å²) < 4.78 is 10.1. The molecule has 2 fully saturated rings. The van der Waals surface area contributed by atoms with Gasteiger partial charge in [0.05, 0.1) is 0 Å². The molecule has 0 amide bonds. The van der Waals surface area contributed by atoms with Crippen LogP contribution in [0.2, 0.25) is 0 Å². The highest BCUT2D eigenvalue weighted by molar-refractivity contribution is 6.38. The molecule has 216 valence electrons. The van der Waals surface area contributed by atoms with Gasteiger partial charge in [0, 0.05) is 10.8 Å². The molecule has 2 heterocycles. The first-order chi connectivity index (χ1) is 14.0. The van der Waals surface area contributed by atoms with Crippen LogP contribution in [0.5, 0.6) is 0 Å². The van der Waals surface area contributed by atoms with Crippen molar-refractivity contribution in [2.45, 2.75) is 105 Å². The summed E-state index contributed by atoms with van der Waals surface area (Å²) in [4.78, 5) is 33.0. The van der Waals surface area contributed by atoms with Gasteiger partial charge in [0.2, 0.25) is 0 Å². The molecule has 0 aromatic carbocycles. The van der Waals surface area contributed by atoms with E-state index in [0.717, 1.165) is 0 Å². The summed E-state index contributed by atoms with van der Waals surface area (Å²) in [6, 6.07) is 0. The van der Waals surface area contributed by atoms with Crippen LogP contribution in [0.3, 0.4) is 0 Å². The van der Waals surface area contributed by atoms with Crippen LogP contribution in [0.1, 0.15) is 70.2 Å². The van der Waals surface area contributed by atoms with Crippen LogP contribution in [-0.2, 0) is 29.3 Å². The fraction of sp³-hybridized carbons (Fsp3) is 0.818. The predicted molar refractivity (Wildman–Crippen MR) is 132 cm³/mol. The second kappa shape index (κ2) is 11.6. The highest BCUT2D eigenvalue weighted by Gasteiger charge is 2.69. The van der Waals surface area contributed by atoms with Gasteiger partial charge in [-0.2, -0.15) is 0 Å². The van der Waals surface area contributed by atoms with Gasteiger partial charge in [0.15, 0.2) is 23.9 Å². The lowest BCUT2D eigenvalue weighted by Crippen LogP contribution is -2.59. The highest BCUT2D eigenvalue weighted by atomic mass is 16.6. The summed E-state index contributed by atoms with van der Waals surface area (Å²) in [6.45, 7) is 11.2. The van der Waals surface area contributed by atoms with E-state index < -0.39 is 69.2 Å². The molecule has 2 aliphatic heterocycles. The molecule has 14 nitrogen and oxygen atoms in total. The van der Waals surface area contributed by atoms with Crippen LogP contribution >= 0.6 is 0 Å². The first-order valence-corrected chi connectivity index (χ1v) is 9.73. The smallest absolute Gasteiger partial charge is 0.375 e. The Morgan fingerprint density at radius 1 is 0.694 bits per heavy atom. The number of aliphatic hydroxyl groups is 4. The van der Waals surface area contributed by atoms with Gasteiger partial charge in [0.1, 0.15) is 16.8 Å². The number of aliphatic carboxylic acids is 2. The largest absolute Gasteiger partial charge is 0.477 e. The van der Waals surface area contributed by atoms with Gasteiger partial charge >= 0.3 is 11.9 Å². The summed E-state index contributed by atoms with van der Waals surface area (Å²) in [6.07, 6.45) is -2.73. The number of nitrogens with one attached hydrogen (secondary N) is 1. The van der Waals surface area contributed by atoms with Gasteiger partial charge in [-0.15, -0.1) is 0 Å². The Labute approximate surface area is 211 Å². The van der Waals surface area contributed by atoms with E-state index in [1.807, 2.05) is 0 Å². The minimum Gasteiger partial charge on any atom is -0.477 e. The fourth-order valence-corrected chi connectivity index (χ4v) is 3.67. The molecule has 36 heavy (non-hydrogen) atoms. The standard InChI is InChI=1S/C10H17NO5.C10H16O6.2CH4.H3N.H2O/c2*1-8(2)7(14)16-9(3,10(8,4)15)5(11)6(12)13;;;;/h7,11,14-15H,1-4H3,(H,12,13);7,14-15H,1-4H3,(H,12,13);2*1H4;1H3;1H2/p+2/t2*7?,9-,10+;;;;/m11..../s1. The molecule has 2 saturated heterocycles. The Kier molecular flexibility index (Phi) is 13.2. The minimum atomic E-state index is -1.96. The average Bonchev–Trinajstić information content (AvgIpc) is 2.84. The van der Waals surface area contributed by atoms with Crippen molar-refractivity contribution < 1.29 is 60.0 Å². The van der Waals surface area contributed by atoms with Gasteiger partial charge in [-0.05, 0) is 27.7 Å². The zero-order chi connectivity index (χ0) is 25.9. The van der Waals surface area contributed by atoms with Crippen molar-refractivity contribution in [3.05, 3.63) is 0 Å². The van der Waals surface area contributed by atoms with Gasteiger partial charge in [0.25, 0.3) is 5.78 Å². The third kappa shape index (κ3) is 5.31. The van der Waals surface area contributed by atoms with Crippen LogP contribution in [0.15, 0.2) is 0 Å². The number of rotatable bonds is 4. The van der Waals surface area contributed by atoms with Gasteiger partial charge in [-0.1, -0.05) is 42.5 Å². The Balaban J connectivity index is -0.000000256. The molecule has 0 saturated carbocycles. The summed E-state index contributed by atoms with van der Waals surface area (Å²) >= 11 is 0. The normalized spacial score (nSPS) is 37.3. The molecule has 0 spiro atoms.